The molecule has 1 N–H and O–H groups in total. The molecule has 0 aliphatic rings. The minimum absolute atomic E-state index is 0.0381. The van der Waals surface area contributed by atoms with Gasteiger partial charge in [-0.3, -0.25) is 14.4 Å². The number of nitrogens with one attached hydrogen (secondary N) is 1. The van der Waals surface area contributed by atoms with Crippen LogP contribution in [-0.2, 0) is 37.1 Å². The molecule has 57 heavy (non-hydrogen) atoms. The van der Waals surface area contributed by atoms with Gasteiger partial charge in [0.05, 0.1) is 11.7 Å². The molecule has 2 heterocycles. The van der Waals surface area contributed by atoms with Gasteiger partial charge >= 0.3 is 6.09 Å². The van der Waals surface area contributed by atoms with Crippen molar-refractivity contribution in [3.8, 4) is 11.3 Å². The Kier molecular flexibility index (Phi) is 20.0. The zero-order valence-electron chi connectivity index (χ0n) is 35.8. The molecule has 0 aliphatic carbocycles. The molecular weight excluding hydrogens is 762 g/mol. The fraction of sp³-hybridized carbons (Fsp3) is 0.651. The fourth-order valence-electron chi connectivity index (χ4n) is 6.15. The third kappa shape index (κ3) is 17.5. The second kappa shape index (κ2) is 23.8. The fourth-order valence-corrected chi connectivity index (χ4v) is 7.10. The number of benzene rings is 1. The summed E-state index contributed by atoms with van der Waals surface area (Å²) in [6, 6.07) is 8.22. The van der Waals surface area contributed by atoms with Crippen LogP contribution in [0.15, 0.2) is 41.5 Å². The van der Waals surface area contributed by atoms with Gasteiger partial charge in [-0.15, -0.1) is 11.6 Å². The van der Waals surface area contributed by atoms with Crippen molar-refractivity contribution in [1.82, 2.24) is 24.3 Å². The number of ether oxygens (including phenoxy) is 3. The highest BCUT2D eigenvalue weighted by Gasteiger charge is 2.26. The standard InChI is InChI=1S/C43H68ClN5O7Si/c1-9-35(50)17-11-10-12-18-37(45-39(51)31-47(5)42(53)56-43(2,3)4)40-46-38(30-49(40)32-55-27-28-57(6,7)8)34-19-20-36-33(29-34)21-24-48(41(36)52)23-14-16-26-54-25-15-13-22-44/h19-21,24,29-30,37H,9-18,22-23,25-28,31-32H2,1-8H3,(H,45,51)/t37-/m0/s1. The lowest BCUT2D eigenvalue weighted by Gasteiger charge is -2.25. The van der Waals surface area contributed by atoms with Crippen molar-refractivity contribution in [2.75, 3.05) is 39.3 Å². The number of alkyl halides is 1. The molecule has 0 radical (unpaired) electrons. The number of likely N-dealkylation sites (N-methyl/N-ethyl adjacent to an activating group) is 1. The monoisotopic (exact) mass is 829 g/mol. The second-order valence-electron chi connectivity index (χ2n) is 17.1. The number of hydrogen-bond donors (Lipinski definition) is 1. The van der Waals surface area contributed by atoms with E-state index in [0.29, 0.717) is 68.4 Å². The van der Waals surface area contributed by atoms with E-state index in [1.807, 2.05) is 48.1 Å². The number of carbonyl (C=O) groups is 3. The normalized spacial score (nSPS) is 12.5. The molecule has 0 unspecified atom stereocenters. The van der Waals surface area contributed by atoms with Crippen LogP contribution < -0.4 is 10.9 Å². The summed E-state index contributed by atoms with van der Waals surface area (Å²) in [5.74, 6) is 1.18. The maximum absolute atomic E-state index is 13.5. The number of carbonyl (C=O) groups excluding carboxylic acids is 3. The summed E-state index contributed by atoms with van der Waals surface area (Å²) in [5, 5.41) is 4.60. The third-order valence-electron chi connectivity index (χ3n) is 9.49. The maximum Gasteiger partial charge on any atom is 0.410 e. The molecule has 0 bridgehead atoms. The van der Waals surface area contributed by atoms with Gasteiger partial charge in [-0.1, -0.05) is 45.5 Å². The molecule has 14 heteroatoms. The number of aryl methyl sites for hydroxylation is 1. The van der Waals surface area contributed by atoms with Gasteiger partial charge in [0.15, 0.2) is 0 Å². The van der Waals surface area contributed by atoms with Crippen molar-refractivity contribution in [3.63, 3.8) is 0 Å². The van der Waals surface area contributed by atoms with Gasteiger partial charge in [0, 0.05) is 83.6 Å². The van der Waals surface area contributed by atoms with Crippen LogP contribution in [0.1, 0.15) is 104 Å². The Hall–Kier alpha value is -3.52. The van der Waals surface area contributed by atoms with Crippen LogP contribution in [0.4, 0.5) is 4.79 Å². The van der Waals surface area contributed by atoms with Crippen LogP contribution in [-0.4, -0.2) is 89.8 Å². The van der Waals surface area contributed by atoms with E-state index in [1.165, 1.54) is 11.9 Å². The largest absolute Gasteiger partial charge is 0.444 e. The Morgan fingerprint density at radius 1 is 0.947 bits per heavy atom. The Bertz CT molecular complexity index is 1780. The van der Waals surface area contributed by atoms with Crippen molar-refractivity contribution < 1.29 is 28.6 Å². The molecule has 0 fully saturated rings. The molecule has 0 aliphatic heterocycles. The van der Waals surface area contributed by atoms with E-state index in [1.54, 1.807) is 25.3 Å². The lowest BCUT2D eigenvalue weighted by molar-refractivity contribution is -0.123. The van der Waals surface area contributed by atoms with Crippen LogP contribution >= 0.6 is 11.6 Å². The van der Waals surface area contributed by atoms with Crippen LogP contribution in [0.25, 0.3) is 22.0 Å². The zero-order valence-corrected chi connectivity index (χ0v) is 37.5. The summed E-state index contributed by atoms with van der Waals surface area (Å²) in [6.45, 7) is 16.8. The first-order chi connectivity index (χ1) is 27.0. The first-order valence-electron chi connectivity index (χ1n) is 20.7. The van der Waals surface area contributed by atoms with E-state index in [-0.39, 0.29) is 30.5 Å². The van der Waals surface area contributed by atoms with Gasteiger partial charge in [-0.25, -0.2) is 9.78 Å². The van der Waals surface area contributed by atoms with Gasteiger partial charge in [-0.05, 0) is 88.9 Å². The van der Waals surface area contributed by atoms with Crippen molar-refractivity contribution in [3.05, 3.63) is 52.8 Å². The van der Waals surface area contributed by atoms with E-state index in [9.17, 15) is 19.2 Å². The Morgan fingerprint density at radius 3 is 2.37 bits per heavy atom. The number of nitrogens with zero attached hydrogens (tertiary/aromatic N) is 4. The summed E-state index contributed by atoms with van der Waals surface area (Å²) in [4.78, 5) is 58.0. The van der Waals surface area contributed by atoms with Crippen LogP contribution in [0.3, 0.4) is 0 Å². The lowest BCUT2D eigenvalue weighted by atomic mass is 10.0. The molecule has 1 atom stereocenters. The van der Waals surface area contributed by atoms with E-state index in [0.717, 1.165) is 61.9 Å². The molecule has 12 nitrogen and oxygen atoms in total. The van der Waals surface area contributed by atoms with E-state index >= 15 is 0 Å². The highest BCUT2D eigenvalue weighted by molar-refractivity contribution is 6.76. The third-order valence-corrected chi connectivity index (χ3v) is 11.5. The Labute approximate surface area is 346 Å². The zero-order chi connectivity index (χ0) is 42.0. The van der Waals surface area contributed by atoms with Crippen molar-refractivity contribution >= 4 is 48.2 Å². The quantitative estimate of drug-likeness (QED) is 0.0482. The SMILES string of the molecule is CCC(=O)CCCCC[C@H](NC(=O)CN(C)C(=O)OC(C)(C)C)c1nc(-c2ccc3c(=O)n(CCCCOCCCCCl)ccc3c2)cn1COCC[Si](C)(C)C. The first kappa shape index (κ1) is 47.8. The van der Waals surface area contributed by atoms with E-state index < -0.39 is 25.8 Å². The van der Waals surface area contributed by atoms with Gasteiger partial charge in [0.1, 0.15) is 30.5 Å². The lowest BCUT2D eigenvalue weighted by Crippen LogP contribution is -2.42. The summed E-state index contributed by atoms with van der Waals surface area (Å²) in [5.41, 5.74) is 0.790. The number of Topliss-reactive ketones (excluding diaryl/α,β-unsaturated/α-hetero) is 1. The molecule has 318 valence electrons. The predicted octanol–water partition coefficient (Wildman–Crippen LogP) is 8.95. The Morgan fingerprint density at radius 2 is 1.68 bits per heavy atom. The van der Waals surface area contributed by atoms with Crippen molar-refractivity contribution in [1.29, 1.82) is 0 Å². The van der Waals surface area contributed by atoms with Gasteiger partial charge in [0.2, 0.25) is 5.91 Å². The van der Waals surface area contributed by atoms with Crippen LogP contribution in [0, 0.1) is 0 Å². The number of aromatic nitrogens is 3. The van der Waals surface area contributed by atoms with Crippen LogP contribution in [0.5, 0.6) is 0 Å². The number of rotatable bonds is 26. The number of pyridine rings is 1. The van der Waals surface area contributed by atoms with Gasteiger partial charge in [0.25, 0.3) is 5.56 Å². The molecular formula is C43H68ClN5O7Si. The van der Waals surface area contributed by atoms with E-state index in [4.69, 9.17) is 30.8 Å². The molecule has 0 saturated carbocycles. The average molecular weight is 831 g/mol. The molecule has 3 aromatic rings. The van der Waals surface area contributed by atoms with Gasteiger partial charge < -0.3 is 33.6 Å². The first-order valence-corrected chi connectivity index (χ1v) is 24.9. The molecule has 2 aromatic heterocycles. The molecule has 3 rings (SSSR count). The number of amides is 2. The number of unbranched alkanes of at least 4 members (excludes halogenated alkanes) is 4. The highest BCUT2D eigenvalue weighted by Crippen LogP contribution is 2.28. The summed E-state index contributed by atoms with van der Waals surface area (Å²) in [6.07, 6.45) is 10.8. The summed E-state index contributed by atoms with van der Waals surface area (Å²) >= 11 is 5.73. The topological polar surface area (TPSA) is 134 Å². The van der Waals surface area contributed by atoms with Gasteiger partial charge in [-0.2, -0.15) is 0 Å². The maximum atomic E-state index is 13.5. The molecule has 0 spiro atoms. The minimum Gasteiger partial charge on any atom is -0.444 e. The average Bonchev–Trinajstić information content (AvgIpc) is 3.57. The number of halogens is 1. The second-order valence-corrected chi connectivity index (χ2v) is 23.1. The highest BCUT2D eigenvalue weighted by atomic mass is 35.5. The summed E-state index contributed by atoms with van der Waals surface area (Å²) in [7, 11) is 0.198. The van der Waals surface area contributed by atoms with E-state index in [2.05, 4.69) is 25.0 Å². The summed E-state index contributed by atoms with van der Waals surface area (Å²) < 4.78 is 21.1. The van der Waals surface area contributed by atoms with Crippen molar-refractivity contribution in [2.45, 2.75) is 143 Å². The number of imidazole rings is 1. The number of fused-ring (bicyclic) bond motifs is 1. The minimum atomic E-state index is -1.34. The van der Waals surface area contributed by atoms with Crippen LogP contribution in [0.2, 0.25) is 25.7 Å². The Balaban J connectivity index is 1.88. The van der Waals surface area contributed by atoms with Crippen molar-refractivity contribution in [2.24, 2.45) is 0 Å². The number of ketones is 1. The predicted molar refractivity (Wildman–Crippen MR) is 232 cm³/mol. The number of hydrogen-bond acceptors (Lipinski definition) is 8. The molecule has 2 amide bonds. The molecule has 0 saturated heterocycles. The molecule has 1 aromatic carbocycles. The smallest absolute Gasteiger partial charge is 0.410 e.